The SMILES string of the molecule is CCC(C)C(O)CNCc1ccc(OC)c(SC)c1. The zero-order chi connectivity index (χ0) is 14.3. The van der Waals surface area contributed by atoms with E-state index >= 15 is 0 Å². The molecule has 2 N–H and O–H groups in total. The van der Waals surface area contributed by atoms with Crippen LogP contribution in [0.3, 0.4) is 0 Å². The van der Waals surface area contributed by atoms with E-state index in [1.165, 1.54) is 5.56 Å². The van der Waals surface area contributed by atoms with Crippen LogP contribution in [-0.4, -0.2) is 31.1 Å². The van der Waals surface area contributed by atoms with Crippen LogP contribution in [0.4, 0.5) is 0 Å². The first kappa shape index (κ1) is 16.3. The minimum atomic E-state index is -0.275. The van der Waals surface area contributed by atoms with Crippen LogP contribution in [-0.2, 0) is 6.54 Å². The van der Waals surface area contributed by atoms with Crippen LogP contribution in [0.15, 0.2) is 23.1 Å². The molecule has 1 rings (SSSR count). The van der Waals surface area contributed by atoms with E-state index in [-0.39, 0.29) is 6.10 Å². The summed E-state index contributed by atoms with van der Waals surface area (Å²) in [6, 6.07) is 6.18. The second-order valence-electron chi connectivity index (χ2n) is 4.77. The summed E-state index contributed by atoms with van der Waals surface area (Å²) in [7, 11) is 1.69. The van der Waals surface area contributed by atoms with E-state index in [9.17, 15) is 5.11 Å². The van der Waals surface area contributed by atoms with Gasteiger partial charge in [0.25, 0.3) is 0 Å². The highest BCUT2D eigenvalue weighted by Gasteiger charge is 2.11. The van der Waals surface area contributed by atoms with Gasteiger partial charge in [0, 0.05) is 18.0 Å². The summed E-state index contributed by atoms with van der Waals surface area (Å²) in [5.41, 5.74) is 1.21. The van der Waals surface area contributed by atoms with Crippen LogP contribution in [0.5, 0.6) is 5.75 Å². The van der Waals surface area contributed by atoms with Crippen molar-refractivity contribution < 1.29 is 9.84 Å². The molecule has 1 aromatic rings. The minimum Gasteiger partial charge on any atom is -0.496 e. The molecule has 0 spiro atoms. The van der Waals surface area contributed by atoms with Gasteiger partial charge >= 0.3 is 0 Å². The number of rotatable bonds is 8. The van der Waals surface area contributed by atoms with Crippen molar-refractivity contribution in [1.82, 2.24) is 5.32 Å². The van der Waals surface area contributed by atoms with Crippen molar-refractivity contribution in [2.75, 3.05) is 19.9 Å². The Labute approximate surface area is 120 Å². The molecule has 3 nitrogen and oxygen atoms in total. The molecule has 0 aliphatic heterocycles. The lowest BCUT2D eigenvalue weighted by Crippen LogP contribution is -2.31. The Balaban J connectivity index is 2.50. The van der Waals surface area contributed by atoms with Gasteiger partial charge in [-0.2, -0.15) is 0 Å². The predicted molar refractivity (Wildman–Crippen MR) is 81.9 cm³/mol. The van der Waals surface area contributed by atoms with Crippen molar-refractivity contribution in [2.24, 2.45) is 5.92 Å². The largest absolute Gasteiger partial charge is 0.496 e. The maximum Gasteiger partial charge on any atom is 0.132 e. The van der Waals surface area contributed by atoms with Gasteiger partial charge in [-0.15, -0.1) is 11.8 Å². The summed E-state index contributed by atoms with van der Waals surface area (Å²) in [6.07, 6.45) is 2.77. The molecule has 4 heteroatoms. The van der Waals surface area contributed by atoms with Gasteiger partial charge in [-0.25, -0.2) is 0 Å². The zero-order valence-corrected chi connectivity index (χ0v) is 13.1. The lowest BCUT2D eigenvalue weighted by Gasteiger charge is -2.18. The summed E-state index contributed by atoms with van der Waals surface area (Å²) in [4.78, 5) is 1.14. The van der Waals surface area contributed by atoms with Gasteiger partial charge in [0.15, 0.2) is 0 Å². The molecular formula is C15H25NO2S. The average molecular weight is 283 g/mol. The second-order valence-corrected chi connectivity index (χ2v) is 5.62. The fraction of sp³-hybridized carbons (Fsp3) is 0.600. The van der Waals surface area contributed by atoms with E-state index in [4.69, 9.17) is 4.74 Å². The second kappa shape index (κ2) is 8.46. The van der Waals surface area contributed by atoms with Gasteiger partial charge in [0.05, 0.1) is 13.2 Å². The molecule has 0 amide bonds. The molecule has 2 unspecified atom stereocenters. The summed E-state index contributed by atoms with van der Waals surface area (Å²) in [5.74, 6) is 1.25. The standard InChI is InChI=1S/C15H25NO2S/c1-5-11(2)13(17)10-16-9-12-6-7-14(18-3)15(8-12)19-4/h6-8,11,13,16-17H,5,9-10H2,1-4H3. The van der Waals surface area contributed by atoms with E-state index < -0.39 is 0 Å². The number of aliphatic hydroxyl groups excluding tert-OH is 1. The Morgan fingerprint density at radius 3 is 2.74 bits per heavy atom. The monoisotopic (exact) mass is 283 g/mol. The van der Waals surface area contributed by atoms with Crippen molar-refractivity contribution in [3.05, 3.63) is 23.8 Å². The lowest BCUT2D eigenvalue weighted by atomic mass is 10.0. The smallest absolute Gasteiger partial charge is 0.132 e. The molecule has 0 aliphatic rings. The third kappa shape index (κ3) is 5.05. The normalized spacial score (nSPS) is 14.2. The molecule has 2 atom stereocenters. The molecule has 0 bridgehead atoms. The fourth-order valence-electron chi connectivity index (χ4n) is 1.83. The van der Waals surface area contributed by atoms with Gasteiger partial charge in [-0.3, -0.25) is 0 Å². The van der Waals surface area contributed by atoms with Crippen molar-refractivity contribution in [3.8, 4) is 5.75 Å². The Hall–Kier alpha value is -0.710. The number of ether oxygens (including phenoxy) is 1. The third-order valence-electron chi connectivity index (χ3n) is 3.43. The predicted octanol–water partition coefficient (Wildman–Crippen LogP) is 2.91. The van der Waals surface area contributed by atoms with Crippen LogP contribution in [0.2, 0.25) is 0 Å². The molecule has 19 heavy (non-hydrogen) atoms. The van der Waals surface area contributed by atoms with E-state index in [1.54, 1.807) is 18.9 Å². The summed E-state index contributed by atoms with van der Waals surface area (Å²) >= 11 is 1.68. The summed E-state index contributed by atoms with van der Waals surface area (Å²) < 4.78 is 5.30. The molecule has 0 saturated heterocycles. The van der Waals surface area contributed by atoms with Crippen LogP contribution < -0.4 is 10.1 Å². The molecule has 0 aromatic heterocycles. The number of aliphatic hydroxyl groups is 1. The Kier molecular flexibility index (Phi) is 7.28. The maximum atomic E-state index is 9.89. The first-order chi connectivity index (χ1) is 9.12. The van der Waals surface area contributed by atoms with Gasteiger partial charge in [-0.1, -0.05) is 26.3 Å². The number of thioether (sulfide) groups is 1. The molecular weight excluding hydrogens is 258 g/mol. The highest BCUT2D eigenvalue weighted by atomic mass is 32.2. The highest BCUT2D eigenvalue weighted by Crippen LogP contribution is 2.28. The van der Waals surface area contributed by atoms with Gasteiger partial charge in [0.2, 0.25) is 0 Å². The molecule has 0 radical (unpaired) electrons. The van der Waals surface area contributed by atoms with Gasteiger partial charge in [-0.05, 0) is 29.9 Å². The van der Waals surface area contributed by atoms with Crippen LogP contribution >= 0.6 is 11.8 Å². The average Bonchev–Trinajstić information content (AvgIpc) is 2.45. The van der Waals surface area contributed by atoms with Gasteiger partial charge in [0.1, 0.15) is 5.75 Å². The molecule has 0 saturated carbocycles. The number of benzene rings is 1. The quantitative estimate of drug-likeness (QED) is 0.720. The number of hydrogen-bond donors (Lipinski definition) is 2. The van der Waals surface area contributed by atoms with Crippen molar-refractivity contribution in [3.63, 3.8) is 0 Å². The lowest BCUT2D eigenvalue weighted by molar-refractivity contribution is 0.113. The fourth-order valence-corrected chi connectivity index (χ4v) is 2.45. The van der Waals surface area contributed by atoms with Crippen molar-refractivity contribution in [1.29, 1.82) is 0 Å². The zero-order valence-electron chi connectivity index (χ0n) is 12.3. The van der Waals surface area contributed by atoms with Gasteiger partial charge < -0.3 is 15.2 Å². The molecule has 0 fully saturated rings. The first-order valence-corrected chi connectivity index (χ1v) is 7.94. The Morgan fingerprint density at radius 1 is 1.42 bits per heavy atom. The number of methoxy groups -OCH3 is 1. The van der Waals surface area contributed by atoms with Crippen LogP contribution in [0.1, 0.15) is 25.8 Å². The van der Waals surface area contributed by atoms with E-state index in [0.29, 0.717) is 12.5 Å². The minimum absolute atomic E-state index is 0.275. The molecule has 108 valence electrons. The highest BCUT2D eigenvalue weighted by molar-refractivity contribution is 7.98. The van der Waals surface area contributed by atoms with E-state index in [1.807, 2.05) is 12.3 Å². The number of nitrogens with one attached hydrogen (secondary N) is 1. The molecule has 1 aromatic carbocycles. The van der Waals surface area contributed by atoms with Crippen molar-refractivity contribution in [2.45, 2.75) is 37.8 Å². The molecule has 0 aliphatic carbocycles. The van der Waals surface area contributed by atoms with Crippen molar-refractivity contribution >= 4 is 11.8 Å². The van der Waals surface area contributed by atoms with E-state index in [0.717, 1.165) is 23.6 Å². The third-order valence-corrected chi connectivity index (χ3v) is 4.19. The Bertz CT molecular complexity index is 384. The summed E-state index contributed by atoms with van der Waals surface area (Å²) in [5, 5.41) is 13.2. The Morgan fingerprint density at radius 2 is 2.16 bits per heavy atom. The topological polar surface area (TPSA) is 41.5 Å². The number of hydrogen-bond acceptors (Lipinski definition) is 4. The van der Waals surface area contributed by atoms with Crippen LogP contribution in [0, 0.1) is 5.92 Å². The van der Waals surface area contributed by atoms with Crippen LogP contribution in [0.25, 0.3) is 0 Å². The summed E-state index contributed by atoms with van der Waals surface area (Å²) in [6.45, 7) is 5.58. The van der Waals surface area contributed by atoms with E-state index in [2.05, 4.69) is 31.3 Å². The first-order valence-electron chi connectivity index (χ1n) is 6.72. The maximum absolute atomic E-state index is 9.89. The molecule has 0 heterocycles.